The normalized spacial score (nSPS) is 23.8. The monoisotopic (exact) mass is 339 g/mol. The first kappa shape index (κ1) is 16.5. The van der Waals surface area contributed by atoms with E-state index in [1.54, 1.807) is 0 Å². The summed E-state index contributed by atoms with van der Waals surface area (Å²) >= 11 is 0. The van der Waals surface area contributed by atoms with Crippen LogP contribution in [0.4, 0.5) is 0 Å². The summed E-state index contributed by atoms with van der Waals surface area (Å²) in [4.78, 5) is 4.73. The third-order valence-corrected chi connectivity index (χ3v) is 5.39. The van der Waals surface area contributed by atoms with Crippen LogP contribution in [0.3, 0.4) is 0 Å². The summed E-state index contributed by atoms with van der Waals surface area (Å²) in [5.74, 6) is 1.93. The Kier molecular flexibility index (Phi) is 4.95. The molecule has 0 saturated carbocycles. The molecule has 132 valence electrons. The Morgan fingerprint density at radius 3 is 2.76 bits per heavy atom. The van der Waals surface area contributed by atoms with E-state index >= 15 is 0 Å². The van der Waals surface area contributed by atoms with Crippen LogP contribution in [-0.2, 0) is 10.2 Å². The lowest BCUT2D eigenvalue weighted by molar-refractivity contribution is 0.0597. The van der Waals surface area contributed by atoms with Crippen molar-refractivity contribution in [2.45, 2.75) is 31.1 Å². The van der Waals surface area contributed by atoms with E-state index in [0.717, 1.165) is 45.0 Å². The number of benzene rings is 1. The molecule has 0 radical (unpaired) electrons. The number of nitrogens with one attached hydrogen (secondary N) is 1. The zero-order valence-corrected chi connectivity index (χ0v) is 14.5. The van der Waals surface area contributed by atoms with Gasteiger partial charge >= 0.3 is 0 Å². The van der Waals surface area contributed by atoms with Crippen molar-refractivity contribution < 1.29 is 9.26 Å². The van der Waals surface area contributed by atoms with Gasteiger partial charge in [0.15, 0.2) is 5.82 Å². The molecule has 3 heterocycles. The lowest BCUT2D eigenvalue weighted by Crippen LogP contribution is -2.36. The van der Waals surface area contributed by atoms with Crippen LogP contribution in [0.25, 0.3) is 6.08 Å². The van der Waals surface area contributed by atoms with Gasteiger partial charge in [0.2, 0.25) is 5.89 Å². The van der Waals surface area contributed by atoms with Crippen LogP contribution in [-0.4, -0.2) is 36.4 Å². The van der Waals surface area contributed by atoms with Crippen LogP contribution in [0.2, 0.25) is 0 Å². The van der Waals surface area contributed by atoms with Crippen molar-refractivity contribution in [3.05, 3.63) is 53.7 Å². The second-order valence-corrected chi connectivity index (χ2v) is 6.98. The summed E-state index contributed by atoms with van der Waals surface area (Å²) in [5.41, 5.74) is 1.03. The molecule has 0 bridgehead atoms. The molecule has 1 aromatic heterocycles. The highest BCUT2D eigenvalue weighted by molar-refractivity contribution is 5.40. The summed E-state index contributed by atoms with van der Waals surface area (Å²) < 4.78 is 11.1. The summed E-state index contributed by atoms with van der Waals surface area (Å²) in [6.45, 7) is 3.60. The molecule has 4 rings (SSSR count). The van der Waals surface area contributed by atoms with Gasteiger partial charge in [0.25, 0.3) is 0 Å². The molecule has 1 unspecified atom stereocenters. The maximum Gasteiger partial charge on any atom is 0.250 e. The minimum absolute atomic E-state index is 0.207. The molecule has 2 saturated heterocycles. The van der Waals surface area contributed by atoms with Crippen LogP contribution in [0.1, 0.15) is 43.0 Å². The Morgan fingerprint density at radius 2 is 2.00 bits per heavy atom. The van der Waals surface area contributed by atoms with Gasteiger partial charge in [-0.05, 0) is 49.8 Å². The van der Waals surface area contributed by atoms with Crippen LogP contribution < -0.4 is 5.32 Å². The summed E-state index contributed by atoms with van der Waals surface area (Å²) in [5, 5.41) is 7.77. The minimum atomic E-state index is -0.207. The third-order valence-electron chi connectivity index (χ3n) is 5.39. The fraction of sp³-hybridized carbons (Fsp3) is 0.500. The lowest BCUT2D eigenvalue weighted by atomic mass is 9.73. The predicted octanol–water partition coefficient (Wildman–Crippen LogP) is 3.18. The predicted molar refractivity (Wildman–Crippen MR) is 96.2 cm³/mol. The van der Waals surface area contributed by atoms with E-state index in [9.17, 15) is 0 Å². The number of piperidine rings is 1. The Morgan fingerprint density at radius 1 is 1.16 bits per heavy atom. The molecule has 1 atom stereocenters. The third kappa shape index (κ3) is 3.53. The van der Waals surface area contributed by atoms with Crippen molar-refractivity contribution in [3.63, 3.8) is 0 Å². The molecule has 1 aromatic carbocycles. The highest BCUT2D eigenvalue weighted by Crippen LogP contribution is 2.39. The summed E-state index contributed by atoms with van der Waals surface area (Å²) in [6, 6.07) is 10.5. The van der Waals surface area contributed by atoms with Crippen molar-refractivity contribution in [1.29, 1.82) is 0 Å². The Bertz CT molecular complexity index is 699. The average Bonchev–Trinajstić information content (AvgIpc) is 3.18. The standard InChI is InChI=1S/C20H25N3O2/c1-2-6-17(7-3-1)20(10-13-24-14-11-20)19-22-18(25-23-19)9-8-16-5-4-12-21-15-16/h1-3,6-9,16,21H,4-5,10-15H2/b9-8+. The van der Waals surface area contributed by atoms with Gasteiger partial charge in [-0.2, -0.15) is 4.98 Å². The number of hydrogen-bond donors (Lipinski definition) is 1. The second kappa shape index (κ2) is 7.50. The Labute approximate surface area is 148 Å². The summed E-state index contributed by atoms with van der Waals surface area (Å²) in [7, 11) is 0. The summed E-state index contributed by atoms with van der Waals surface area (Å²) in [6.07, 6.45) is 8.38. The van der Waals surface area contributed by atoms with E-state index in [4.69, 9.17) is 14.2 Å². The van der Waals surface area contributed by atoms with Crippen LogP contribution >= 0.6 is 0 Å². The van der Waals surface area contributed by atoms with Gasteiger partial charge in [0.1, 0.15) is 0 Å². The quantitative estimate of drug-likeness (QED) is 0.927. The number of hydrogen-bond acceptors (Lipinski definition) is 5. The molecule has 0 spiro atoms. The SMILES string of the molecule is C(=C\C1CCCNC1)/c1nc(C2(c3ccccc3)CCOCC2)no1. The lowest BCUT2D eigenvalue weighted by Gasteiger charge is -2.34. The fourth-order valence-corrected chi connectivity index (χ4v) is 3.88. The van der Waals surface area contributed by atoms with Gasteiger partial charge in [-0.25, -0.2) is 0 Å². The molecule has 2 fully saturated rings. The highest BCUT2D eigenvalue weighted by atomic mass is 16.5. The van der Waals surface area contributed by atoms with Crippen molar-refractivity contribution >= 4 is 6.08 Å². The van der Waals surface area contributed by atoms with E-state index in [1.807, 2.05) is 12.1 Å². The maximum atomic E-state index is 5.59. The molecule has 5 nitrogen and oxygen atoms in total. The molecule has 2 aliphatic rings. The smallest absolute Gasteiger partial charge is 0.250 e. The van der Waals surface area contributed by atoms with E-state index in [0.29, 0.717) is 11.8 Å². The fourth-order valence-electron chi connectivity index (χ4n) is 3.88. The van der Waals surface area contributed by atoms with Gasteiger partial charge in [-0.1, -0.05) is 41.6 Å². The van der Waals surface area contributed by atoms with Gasteiger partial charge < -0.3 is 14.6 Å². The average molecular weight is 339 g/mol. The van der Waals surface area contributed by atoms with E-state index in [2.05, 4.69) is 40.8 Å². The zero-order chi connectivity index (χ0) is 17.0. The molecule has 5 heteroatoms. The molecule has 25 heavy (non-hydrogen) atoms. The van der Waals surface area contributed by atoms with Crippen molar-refractivity contribution in [2.24, 2.45) is 5.92 Å². The Balaban J connectivity index is 1.58. The van der Waals surface area contributed by atoms with Gasteiger partial charge in [0.05, 0.1) is 5.41 Å². The van der Waals surface area contributed by atoms with Crippen molar-refractivity contribution in [1.82, 2.24) is 15.5 Å². The maximum absolute atomic E-state index is 5.59. The van der Waals surface area contributed by atoms with Crippen LogP contribution in [0.15, 0.2) is 40.9 Å². The van der Waals surface area contributed by atoms with Crippen molar-refractivity contribution in [3.8, 4) is 0 Å². The largest absolute Gasteiger partial charge is 0.381 e. The molecular formula is C20H25N3O2. The molecule has 2 aliphatic heterocycles. The molecule has 1 N–H and O–H groups in total. The van der Waals surface area contributed by atoms with Crippen LogP contribution in [0.5, 0.6) is 0 Å². The van der Waals surface area contributed by atoms with E-state index in [1.165, 1.54) is 18.4 Å². The molecular weight excluding hydrogens is 314 g/mol. The van der Waals surface area contributed by atoms with Crippen molar-refractivity contribution in [2.75, 3.05) is 26.3 Å². The first-order chi connectivity index (χ1) is 12.4. The first-order valence-electron chi connectivity index (χ1n) is 9.23. The number of aromatic nitrogens is 2. The van der Waals surface area contributed by atoms with Gasteiger partial charge in [-0.3, -0.25) is 0 Å². The minimum Gasteiger partial charge on any atom is -0.381 e. The topological polar surface area (TPSA) is 60.2 Å². The number of rotatable bonds is 4. The number of ether oxygens (including phenoxy) is 1. The number of nitrogens with zero attached hydrogens (tertiary/aromatic N) is 2. The van der Waals surface area contributed by atoms with Crippen LogP contribution in [0, 0.1) is 5.92 Å². The molecule has 2 aromatic rings. The highest BCUT2D eigenvalue weighted by Gasteiger charge is 2.40. The zero-order valence-electron chi connectivity index (χ0n) is 14.5. The van der Waals surface area contributed by atoms with Gasteiger partial charge in [-0.15, -0.1) is 0 Å². The Hall–Kier alpha value is -1.98. The van der Waals surface area contributed by atoms with E-state index in [-0.39, 0.29) is 5.41 Å². The van der Waals surface area contributed by atoms with E-state index < -0.39 is 0 Å². The molecule has 0 amide bonds. The molecule has 0 aliphatic carbocycles. The first-order valence-corrected chi connectivity index (χ1v) is 9.23. The second-order valence-electron chi connectivity index (χ2n) is 6.98. The van der Waals surface area contributed by atoms with Gasteiger partial charge in [0, 0.05) is 19.8 Å².